The summed E-state index contributed by atoms with van der Waals surface area (Å²) in [7, 11) is 5.12. The topological polar surface area (TPSA) is 134 Å². The maximum absolute atomic E-state index is 15.3. The molecule has 0 radical (unpaired) electrons. The standard InChI is InChI=1S/C47H60N4O8/c1-8-30-21-31-24-46(43(54)57-7,39-33(15-19-50(25-30)26-31)32-13-10-11-14-36(32)48-39)35-22-34-37(23-38(35)56-6)49(5)41-45(34)17-20-51-18-12-16-44(9-2,40(45)51)42(59-29(4)53)47(41,55)27-58-28(3)52/h10-14,16,22-23,30-31,40-42,48,55H,8-9,15,17-21,24-27H2,1-7H3/t30-,31-,40-,41+,42+,44+,45+,46-,47-/m0/s1. The van der Waals surface area contributed by atoms with Crippen LogP contribution in [0.1, 0.15) is 82.2 Å². The Hall–Kier alpha value is -4.39. The molecule has 2 bridgehead atoms. The molecule has 12 nitrogen and oxygen atoms in total. The number of anilines is 1. The van der Waals surface area contributed by atoms with Crippen LogP contribution in [0.4, 0.5) is 5.69 Å². The van der Waals surface area contributed by atoms with Crippen molar-refractivity contribution in [1.82, 2.24) is 14.8 Å². The van der Waals surface area contributed by atoms with E-state index in [1.54, 1.807) is 7.11 Å². The smallest absolute Gasteiger partial charge is 0.322 e. The quantitative estimate of drug-likeness (QED) is 0.175. The number of esters is 3. The third kappa shape index (κ3) is 5.54. The molecule has 1 saturated carbocycles. The summed E-state index contributed by atoms with van der Waals surface area (Å²) in [6.07, 6.45) is 7.86. The minimum absolute atomic E-state index is 0.197. The molecule has 1 aliphatic carbocycles. The van der Waals surface area contributed by atoms with Crippen LogP contribution in [0.25, 0.3) is 10.9 Å². The van der Waals surface area contributed by atoms with Crippen LogP contribution in [-0.4, -0.2) is 122 Å². The molecule has 0 amide bonds. The van der Waals surface area contributed by atoms with Gasteiger partial charge in [0.05, 0.1) is 20.3 Å². The molecule has 6 aliphatic rings. The summed E-state index contributed by atoms with van der Waals surface area (Å²) in [5, 5.41) is 14.6. The molecule has 3 fully saturated rings. The van der Waals surface area contributed by atoms with Gasteiger partial charge in [-0.3, -0.25) is 19.3 Å². The minimum atomic E-state index is -1.83. The molecular formula is C47H60N4O8. The number of carbonyl (C=O) groups excluding carboxylic acids is 3. The Balaban J connectivity index is 1.35. The zero-order valence-electron chi connectivity index (χ0n) is 35.6. The summed E-state index contributed by atoms with van der Waals surface area (Å²) < 4.78 is 24.5. The number of para-hydroxylation sites is 1. The molecule has 9 rings (SSSR count). The fourth-order valence-corrected chi connectivity index (χ4v) is 13.6. The first-order valence-corrected chi connectivity index (χ1v) is 21.6. The second-order valence-electron chi connectivity index (χ2n) is 18.4. The van der Waals surface area contributed by atoms with Crippen LogP contribution >= 0.6 is 0 Å². The Kier molecular flexibility index (Phi) is 9.75. The van der Waals surface area contributed by atoms with Crippen LogP contribution in [-0.2, 0) is 45.8 Å². The van der Waals surface area contributed by atoms with Gasteiger partial charge in [-0.1, -0.05) is 50.6 Å². The number of hydrogen-bond acceptors (Lipinski definition) is 11. The first-order chi connectivity index (χ1) is 28.3. The Morgan fingerprint density at radius 1 is 1.00 bits per heavy atom. The Morgan fingerprint density at radius 2 is 1.80 bits per heavy atom. The van der Waals surface area contributed by atoms with Gasteiger partial charge in [0.25, 0.3) is 0 Å². The third-order valence-corrected chi connectivity index (χ3v) is 15.6. The molecule has 6 heterocycles. The van der Waals surface area contributed by atoms with Crippen molar-refractivity contribution in [2.75, 3.05) is 65.5 Å². The molecule has 59 heavy (non-hydrogen) atoms. The zero-order valence-corrected chi connectivity index (χ0v) is 35.6. The van der Waals surface area contributed by atoms with Crippen LogP contribution in [0.2, 0.25) is 0 Å². The van der Waals surface area contributed by atoms with Crippen molar-refractivity contribution in [2.24, 2.45) is 17.3 Å². The number of carbonyl (C=O) groups is 3. The number of aliphatic hydroxyl groups is 1. The maximum atomic E-state index is 15.3. The molecule has 1 unspecified atom stereocenters. The van der Waals surface area contributed by atoms with Crippen LogP contribution in [0.15, 0.2) is 48.6 Å². The molecule has 2 aromatic carbocycles. The van der Waals surface area contributed by atoms with Crippen LogP contribution in [0, 0.1) is 17.3 Å². The molecule has 2 saturated heterocycles. The summed E-state index contributed by atoms with van der Waals surface area (Å²) in [6, 6.07) is 11.7. The van der Waals surface area contributed by atoms with Gasteiger partial charge in [-0.25, -0.2) is 0 Å². The van der Waals surface area contributed by atoms with Gasteiger partial charge in [0.15, 0.2) is 5.60 Å². The summed E-state index contributed by atoms with van der Waals surface area (Å²) in [4.78, 5) is 52.0. The number of rotatable bonds is 8. The zero-order chi connectivity index (χ0) is 41.6. The maximum Gasteiger partial charge on any atom is 0.322 e. The number of piperidine rings is 1. The molecule has 1 spiro atoms. The summed E-state index contributed by atoms with van der Waals surface area (Å²) >= 11 is 0. The average molecular weight is 809 g/mol. The minimum Gasteiger partial charge on any atom is -0.496 e. The summed E-state index contributed by atoms with van der Waals surface area (Å²) in [6.45, 7) is 11.0. The lowest BCUT2D eigenvalue weighted by atomic mass is 9.47. The monoisotopic (exact) mass is 808 g/mol. The largest absolute Gasteiger partial charge is 0.496 e. The fraction of sp³-hybridized carbons (Fsp3) is 0.596. The Morgan fingerprint density at radius 3 is 2.51 bits per heavy atom. The summed E-state index contributed by atoms with van der Waals surface area (Å²) in [5.41, 5.74) is 0.868. The fourth-order valence-electron chi connectivity index (χ4n) is 13.6. The number of fused-ring (bicyclic) bond motifs is 6. The second kappa shape index (κ2) is 14.4. The van der Waals surface area contributed by atoms with Gasteiger partial charge in [-0.2, -0.15) is 0 Å². The van der Waals surface area contributed by atoms with Gasteiger partial charge in [-0.15, -0.1) is 0 Å². The van der Waals surface area contributed by atoms with E-state index >= 15 is 4.79 Å². The highest BCUT2D eigenvalue weighted by atomic mass is 16.6. The van der Waals surface area contributed by atoms with E-state index in [9.17, 15) is 14.7 Å². The van der Waals surface area contributed by atoms with Gasteiger partial charge >= 0.3 is 17.9 Å². The first kappa shape index (κ1) is 40.0. The number of benzene rings is 2. The van der Waals surface area contributed by atoms with Crippen LogP contribution in [0.3, 0.4) is 0 Å². The normalized spacial score (nSPS) is 35.7. The second-order valence-corrected chi connectivity index (χ2v) is 18.4. The lowest BCUT2D eigenvalue weighted by molar-refractivity contribution is -0.232. The molecule has 5 aliphatic heterocycles. The molecule has 12 heteroatoms. The highest BCUT2D eigenvalue weighted by Crippen LogP contribution is 2.68. The number of nitrogens with zero attached hydrogens (tertiary/aromatic N) is 3. The average Bonchev–Trinajstić information content (AvgIpc) is 3.89. The summed E-state index contributed by atoms with van der Waals surface area (Å²) in [5.74, 6) is -0.110. The highest BCUT2D eigenvalue weighted by molar-refractivity contribution is 5.94. The first-order valence-electron chi connectivity index (χ1n) is 21.6. The lowest BCUT2D eigenvalue weighted by Gasteiger charge is -2.64. The van der Waals surface area contributed by atoms with Gasteiger partial charge in [0.2, 0.25) is 0 Å². The Bertz CT molecular complexity index is 2220. The number of likely N-dealkylation sites (N-methyl/N-ethyl adjacent to an activating group) is 1. The van der Waals surface area contributed by atoms with Crippen molar-refractivity contribution >= 4 is 34.5 Å². The predicted octanol–water partition coefficient (Wildman–Crippen LogP) is 5.27. The van der Waals surface area contributed by atoms with Crippen molar-refractivity contribution in [3.63, 3.8) is 0 Å². The van der Waals surface area contributed by atoms with E-state index in [4.69, 9.17) is 18.9 Å². The number of hydrogen-bond donors (Lipinski definition) is 2. The number of ether oxygens (including phenoxy) is 4. The molecule has 2 N–H and O–H groups in total. The van der Waals surface area contributed by atoms with Crippen molar-refractivity contribution in [2.45, 2.75) is 101 Å². The van der Waals surface area contributed by atoms with Crippen molar-refractivity contribution in [3.05, 3.63) is 70.9 Å². The highest BCUT2D eigenvalue weighted by Gasteiger charge is 2.78. The van der Waals surface area contributed by atoms with Crippen molar-refractivity contribution < 1.29 is 38.4 Å². The van der Waals surface area contributed by atoms with Gasteiger partial charge in [-0.05, 0) is 73.7 Å². The van der Waals surface area contributed by atoms with E-state index < -0.39 is 45.9 Å². The molecule has 10 atom stereocenters. The van der Waals surface area contributed by atoms with E-state index in [0.29, 0.717) is 37.5 Å². The van der Waals surface area contributed by atoms with Crippen LogP contribution in [0.5, 0.6) is 5.75 Å². The Labute approximate surface area is 347 Å². The predicted molar refractivity (Wildman–Crippen MR) is 224 cm³/mol. The van der Waals surface area contributed by atoms with E-state index in [2.05, 4.69) is 69.9 Å². The van der Waals surface area contributed by atoms with Crippen molar-refractivity contribution in [3.8, 4) is 5.75 Å². The molecule has 316 valence electrons. The van der Waals surface area contributed by atoms with E-state index in [1.807, 2.05) is 19.2 Å². The van der Waals surface area contributed by atoms with E-state index in [1.165, 1.54) is 21.0 Å². The van der Waals surface area contributed by atoms with Gasteiger partial charge < -0.3 is 38.8 Å². The number of aromatic nitrogens is 1. The lowest BCUT2D eigenvalue weighted by Crippen LogP contribution is -2.80. The number of methoxy groups -OCH3 is 2. The SMILES string of the molecule is CC[C@H]1C[C@@H]2CN(CCc3c([nH]c4ccccc34)[C@@](C(=O)OC)(c3cc4c(cc3OC)N(C)[C@H]3[C@@](O)(COC(C)=O)[C@H](OC(C)=O)[C@]5(CC)C=CCN6CC[C@]43[C@@H]65)C2)C1. The van der Waals surface area contributed by atoms with Crippen LogP contribution < -0.4 is 9.64 Å². The number of nitrogens with one attached hydrogen (secondary N) is 1. The van der Waals surface area contributed by atoms with E-state index in [-0.39, 0.29) is 24.5 Å². The van der Waals surface area contributed by atoms with Crippen molar-refractivity contribution in [1.29, 1.82) is 0 Å². The number of aromatic amines is 1. The number of H-pyrrole nitrogens is 1. The molecular weight excluding hydrogens is 749 g/mol. The van der Waals surface area contributed by atoms with Gasteiger partial charge in [0, 0.05) is 97.9 Å². The molecule has 3 aromatic rings. The third-order valence-electron chi connectivity index (χ3n) is 15.6. The van der Waals surface area contributed by atoms with E-state index in [0.717, 1.165) is 84.4 Å². The van der Waals surface area contributed by atoms with Gasteiger partial charge in [0.1, 0.15) is 23.9 Å². The molecule has 1 aromatic heterocycles.